The smallest absolute Gasteiger partial charge is 0.324 e. The average Bonchev–Trinajstić information content (AvgIpc) is 2.71. The van der Waals surface area contributed by atoms with Crippen LogP contribution < -0.4 is 5.32 Å². The van der Waals surface area contributed by atoms with Crippen LogP contribution in [0.3, 0.4) is 0 Å². The second kappa shape index (κ2) is 9.99. The first kappa shape index (κ1) is 23.5. The van der Waals surface area contributed by atoms with E-state index in [1.165, 1.54) is 30.3 Å². The molecule has 6 nitrogen and oxygen atoms in total. The Labute approximate surface area is 183 Å². The third-order valence-corrected chi connectivity index (χ3v) is 6.73. The fraction of sp³-hybridized carbons (Fsp3) is 0.350. The number of benzene rings is 2. The molecule has 1 N–H and O–H groups in total. The standard InChI is InChI=1S/C20H21ClF3N3O3S/c21-16-11-15(22)6-5-14(16)12-26-7-9-27(10-8-26)13-19(28)25-17-3-1-2-4-18(17)31(29,30)20(23)24/h1-6,11,20H,7-10,12-13H2,(H,25,28). The molecule has 1 aliphatic heterocycles. The van der Waals surface area contributed by atoms with E-state index < -0.39 is 32.2 Å². The van der Waals surface area contributed by atoms with Gasteiger partial charge in [0.15, 0.2) is 0 Å². The van der Waals surface area contributed by atoms with E-state index in [1.54, 1.807) is 6.07 Å². The Hall–Kier alpha value is -2.14. The molecule has 0 bridgehead atoms. The van der Waals surface area contributed by atoms with Gasteiger partial charge in [-0.2, -0.15) is 8.78 Å². The van der Waals surface area contributed by atoms with Gasteiger partial charge in [0.2, 0.25) is 15.7 Å². The summed E-state index contributed by atoms with van der Waals surface area (Å²) in [7, 11) is -4.83. The molecule has 2 aromatic rings. The highest BCUT2D eigenvalue weighted by Gasteiger charge is 2.29. The summed E-state index contributed by atoms with van der Waals surface area (Å²) in [4.78, 5) is 15.8. The second-order valence-corrected chi connectivity index (χ2v) is 9.43. The van der Waals surface area contributed by atoms with E-state index in [1.807, 2.05) is 4.90 Å². The van der Waals surface area contributed by atoms with Crippen LogP contribution in [0.5, 0.6) is 0 Å². The van der Waals surface area contributed by atoms with Gasteiger partial charge in [-0.1, -0.05) is 29.8 Å². The number of carbonyl (C=O) groups is 1. The van der Waals surface area contributed by atoms with Crippen molar-refractivity contribution in [1.82, 2.24) is 9.80 Å². The molecule has 1 fully saturated rings. The van der Waals surface area contributed by atoms with Gasteiger partial charge in [-0.25, -0.2) is 12.8 Å². The molecule has 0 unspecified atom stereocenters. The Bertz CT molecular complexity index is 1040. The number of hydrogen-bond acceptors (Lipinski definition) is 5. The second-order valence-electron chi connectivity index (χ2n) is 7.14. The zero-order valence-corrected chi connectivity index (χ0v) is 18.0. The van der Waals surface area contributed by atoms with Gasteiger partial charge in [-0.3, -0.25) is 14.6 Å². The first-order valence-electron chi connectivity index (χ1n) is 9.46. The van der Waals surface area contributed by atoms with Crippen LogP contribution in [0.25, 0.3) is 0 Å². The number of para-hydroxylation sites is 1. The highest BCUT2D eigenvalue weighted by molar-refractivity contribution is 7.91. The van der Waals surface area contributed by atoms with Crippen LogP contribution in [0, 0.1) is 5.82 Å². The SMILES string of the molecule is O=C(CN1CCN(Cc2ccc(F)cc2Cl)CC1)Nc1ccccc1S(=O)(=O)C(F)F. The van der Waals surface area contributed by atoms with Gasteiger partial charge in [0.1, 0.15) is 5.82 Å². The summed E-state index contributed by atoms with van der Waals surface area (Å²) in [5.74, 6) is -4.47. The molecule has 0 spiro atoms. The van der Waals surface area contributed by atoms with Crippen LogP contribution in [0.15, 0.2) is 47.4 Å². The van der Waals surface area contributed by atoms with Crippen molar-refractivity contribution in [3.8, 4) is 0 Å². The summed E-state index contributed by atoms with van der Waals surface area (Å²) >= 11 is 6.07. The summed E-state index contributed by atoms with van der Waals surface area (Å²) in [5, 5.41) is 2.78. The van der Waals surface area contributed by atoms with Crippen LogP contribution in [-0.4, -0.2) is 62.6 Å². The molecule has 3 rings (SSSR count). The van der Waals surface area contributed by atoms with E-state index in [2.05, 4.69) is 10.2 Å². The number of rotatable bonds is 7. The normalized spacial score (nSPS) is 15.9. The van der Waals surface area contributed by atoms with E-state index in [0.717, 1.165) is 11.6 Å². The zero-order chi connectivity index (χ0) is 22.6. The number of alkyl halides is 2. The predicted molar refractivity (Wildman–Crippen MR) is 111 cm³/mol. The lowest BCUT2D eigenvalue weighted by Gasteiger charge is -2.34. The monoisotopic (exact) mass is 475 g/mol. The summed E-state index contributed by atoms with van der Waals surface area (Å²) in [6, 6.07) is 9.35. The molecule has 1 aliphatic rings. The first-order valence-corrected chi connectivity index (χ1v) is 11.4. The minimum atomic E-state index is -4.83. The number of carbonyl (C=O) groups excluding carboxylic acids is 1. The highest BCUT2D eigenvalue weighted by atomic mass is 35.5. The van der Waals surface area contributed by atoms with Crippen LogP contribution in [0.1, 0.15) is 5.56 Å². The van der Waals surface area contributed by atoms with E-state index in [4.69, 9.17) is 11.6 Å². The fourth-order valence-electron chi connectivity index (χ4n) is 3.30. The van der Waals surface area contributed by atoms with Gasteiger partial charge < -0.3 is 5.32 Å². The van der Waals surface area contributed by atoms with Gasteiger partial charge in [0.25, 0.3) is 0 Å². The first-order chi connectivity index (χ1) is 14.7. The fourth-order valence-corrected chi connectivity index (χ4v) is 4.42. The minimum Gasteiger partial charge on any atom is -0.324 e. The highest BCUT2D eigenvalue weighted by Crippen LogP contribution is 2.26. The van der Waals surface area contributed by atoms with Crippen molar-refractivity contribution in [2.24, 2.45) is 0 Å². The Morgan fingerprint density at radius 3 is 2.35 bits per heavy atom. The quantitative estimate of drug-likeness (QED) is 0.666. The lowest BCUT2D eigenvalue weighted by molar-refractivity contribution is -0.117. The molecule has 168 valence electrons. The average molecular weight is 476 g/mol. The Balaban J connectivity index is 1.54. The molecule has 2 aromatic carbocycles. The number of anilines is 1. The molecular weight excluding hydrogens is 455 g/mol. The molecule has 1 amide bonds. The molecular formula is C20H21ClF3N3O3S. The predicted octanol–water partition coefficient (Wildman–Crippen LogP) is 3.23. The van der Waals surface area contributed by atoms with Crippen LogP contribution >= 0.6 is 11.6 Å². The van der Waals surface area contributed by atoms with Crippen molar-refractivity contribution >= 4 is 33.0 Å². The molecule has 0 saturated carbocycles. The number of amides is 1. The van der Waals surface area contributed by atoms with Crippen LogP contribution in [0.2, 0.25) is 5.02 Å². The minimum absolute atomic E-state index is 0.00575. The molecule has 0 aliphatic carbocycles. The van der Waals surface area contributed by atoms with E-state index >= 15 is 0 Å². The Morgan fingerprint density at radius 1 is 1.06 bits per heavy atom. The summed E-state index contributed by atoms with van der Waals surface area (Å²) in [6.07, 6.45) is 0. The molecule has 1 heterocycles. The summed E-state index contributed by atoms with van der Waals surface area (Å²) in [6.45, 7) is 2.99. The van der Waals surface area contributed by atoms with Gasteiger partial charge in [0, 0.05) is 37.7 Å². The third-order valence-electron chi connectivity index (χ3n) is 4.94. The summed E-state index contributed by atoms with van der Waals surface area (Å²) in [5.41, 5.74) is 0.642. The van der Waals surface area contributed by atoms with E-state index in [0.29, 0.717) is 37.7 Å². The van der Waals surface area contributed by atoms with Crippen molar-refractivity contribution in [2.75, 3.05) is 38.0 Å². The molecule has 0 aromatic heterocycles. The number of sulfone groups is 1. The van der Waals surface area contributed by atoms with Crippen LogP contribution in [0.4, 0.5) is 18.9 Å². The number of nitrogens with zero attached hydrogens (tertiary/aromatic N) is 2. The molecule has 11 heteroatoms. The maximum Gasteiger partial charge on any atom is 0.341 e. The lowest BCUT2D eigenvalue weighted by atomic mass is 10.2. The van der Waals surface area contributed by atoms with E-state index in [-0.39, 0.29) is 12.2 Å². The van der Waals surface area contributed by atoms with Gasteiger partial charge in [0.05, 0.1) is 17.1 Å². The van der Waals surface area contributed by atoms with Crippen molar-refractivity contribution in [1.29, 1.82) is 0 Å². The van der Waals surface area contributed by atoms with Gasteiger partial charge >= 0.3 is 5.76 Å². The van der Waals surface area contributed by atoms with Crippen molar-refractivity contribution < 1.29 is 26.4 Å². The zero-order valence-electron chi connectivity index (χ0n) is 16.4. The molecule has 0 atom stereocenters. The number of halogens is 4. The number of hydrogen-bond donors (Lipinski definition) is 1. The largest absolute Gasteiger partial charge is 0.341 e. The van der Waals surface area contributed by atoms with Gasteiger partial charge in [-0.15, -0.1) is 0 Å². The van der Waals surface area contributed by atoms with Crippen molar-refractivity contribution in [3.05, 3.63) is 58.9 Å². The Morgan fingerprint density at radius 2 is 1.71 bits per heavy atom. The maximum atomic E-state index is 13.2. The maximum absolute atomic E-state index is 13.2. The number of piperazine rings is 1. The molecule has 0 radical (unpaired) electrons. The number of nitrogens with one attached hydrogen (secondary N) is 1. The molecule has 1 saturated heterocycles. The van der Waals surface area contributed by atoms with Crippen LogP contribution in [-0.2, 0) is 21.2 Å². The molecule has 31 heavy (non-hydrogen) atoms. The topological polar surface area (TPSA) is 69.7 Å². The Kier molecular flexibility index (Phi) is 7.58. The lowest BCUT2D eigenvalue weighted by Crippen LogP contribution is -2.48. The van der Waals surface area contributed by atoms with E-state index in [9.17, 15) is 26.4 Å². The van der Waals surface area contributed by atoms with Crippen molar-refractivity contribution in [3.63, 3.8) is 0 Å². The van der Waals surface area contributed by atoms with Crippen molar-refractivity contribution in [2.45, 2.75) is 17.2 Å². The third kappa shape index (κ3) is 5.97. The summed E-state index contributed by atoms with van der Waals surface area (Å²) < 4.78 is 62.6. The van der Waals surface area contributed by atoms with Gasteiger partial charge in [-0.05, 0) is 29.8 Å².